The minimum absolute atomic E-state index is 0.0675. The van der Waals surface area contributed by atoms with Crippen molar-refractivity contribution in [3.05, 3.63) is 29.8 Å². The molecule has 0 aliphatic rings. The van der Waals surface area contributed by atoms with E-state index in [0.29, 0.717) is 6.42 Å². The van der Waals surface area contributed by atoms with Crippen LogP contribution in [0.1, 0.15) is 18.3 Å². The van der Waals surface area contributed by atoms with Crippen LogP contribution in [0.25, 0.3) is 0 Å². The Kier molecular flexibility index (Phi) is 6.78. The van der Waals surface area contributed by atoms with Crippen LogP contribution in [0, 0.1) is 0 Å². The van der Waals surface area contributed by atoms with Crippen molar-refractivity contribution in [1.82, 2.24) is 5.32 Å². The Bertz CT molecular complexity index is 363. The standard InChI is InChI=1S/C13H19NO3S/c1-14-12(15)8-9-18-11-6-4-10(5-7-11)13(16-2)17-3/h4-7,13H,8-9H2,1-3H3,(H,14,15). The van der Waals surface area contributed by atoms with E-state index in [4.69, 9.17) is 9.47 Å². The first-order valence-corrected chi connectivity index (χ1v) is 6.68. The molecule has 0 fully saturated rings. The number of carbonyl (C=O) groups excluding carboxylic acids is 1. The number of carbonyl (C=O) groups is 1. The number of nitrogens with one attached hydrogen (secondary N) is 1. The highest BCUT2D eigenvalue weighted by Gasteiger charge is 2.08. The molecule has 1 amide bonds. The maximum atomic E-state index is 11.1. The minimum atomic E-state index is -0.324. The molecular weight excluding hydrogens is 250 g/mol. The van der Waals surface area contributed by atoms with Crippen LogP contribution in [-0.4, -0.2) is 32.9 Å². The Labute approximate surface area is 112 Å². The van der Waals surface area contributed by atoms with Crippen molar-refractivity contribution in [3.8, 4) is 0 Å². The Balaban J connectivity index is 2.47. The molecule has 1 N–H and O–H groups in total. The lowest BCUT2D eigenvalue weighted by molar-refractivity contribution is -0.120. The molecule has 18 heavy (non-hydrogen) atoms. The Hall–Kier alpha value is -1.04. The summed E-state index contributed by atoms with van der Waals surface area (Å²) in [5, 5.41) is 2.61. The van der Waals surface area contributed by atoms with Gasteiger partial charge in [0.25, 0.3) is 0 Å². The van der Waals surface area contributed by atoms with Gasteiger partial charge in [-0.05, 0) is 12.1 Å². The lowest BCUT2D eigenvalue weighted by Crippen LogP contribution is -2.17. The largest absolute Gasteiger partial charge is 0.359 e. The second-order valence-corrected chi connectivity index (χ2v) is 4.81. The summed E-state index contributed by atoms with van der Waals surface area (Å²) in [6.45, 7) is 0. The Morgan fingerprint density at radius 1 is 1.28 bits per heavy atom. The molecular formula is C13H19NO3S. The quantitative estimate of drug-likeness (QED) is 0.609. The van der Waals surface area contributed by atoms with Crippen LogP contribution in [0.2, 0.25) is 0 Å². The number of rotatable bonds is 7. The van der Waals surface area contributed by atoms with E-state index in [2.05, 4.69) is 5.32 Å². The monoisotopic (exact) mass is 269 g/mol. The van der Waals surface area contributed by atoms with E-state index >= 15 is 0 Å². The average molecular weight is 269 g/mol. The molecule has 0 bridgehead atoms. The van der Waals surface area contributed by atoms with Crippen molar-refractivity contribution in [2.75, 3.05) is 27.0 Å². The van der Waals surface area contributed by atoms with Crippen molar-refractivity contribution < 1.29 is 14.3 Å². The van der Waals surface area contributed by atoms with Crippen molar-refractivity contribution in [1.29, 1.82) is 0 Å². The normalized spacial score (nSPS) is 10.7. The lowest BCUT2D eigenvalue weighted by atomic mass is 10.2. The Morgan fingerprint density at radius 2 is 1.89 bits per heavy atom. The van der Waals surface area contributed by atoms with E-state index in [-0.39, 0.29) is 12.2 Å². The van der Waals surface area contributed by atoms with E-state index in [0.717, 1.165) is 16.2 Å². The molecule has 0 aliphatic carbocycles. The first-order valence-electron chi connectivity index (χ1n) is 5.70. The highest BCUT2D eigenvalue weighted by Crippen LogP contribution is 2.23. The van der Waals surface area contributed by atoms with Gasteiger partial charge in [0.05, 0.1) is 0 Å². The molecule has 0 saturated carbocycles. The second kappa shape index (κ2) is 8.13. The number of hydrogen-bond acceptors (Lipinski definition) is 4. The summed E-state index contributed by atoms with van der Waals surface area (Å²) in [4.78, 5) is 12.2. The van der Waals surface area contributed by atoms with Crippen molar-refractivity contribution in [3.63, 3.8) is 0 Å². The number of benzene rings is 1. The van der Waals surface area contributed by atoms with E-state index in [1.54, 1.807) is 33.0 Å². The van der Waals surface area contributed by atoms with Crippen LogP contribution < -0.4 is 5.32 Å². The van der Waals surface area contributed by atoms with Crippen molar-refractivity contribution >= 4 is 17.7 Å². The number of methoxy groups -OCH3 is 2. The van der Waals surface area contributed by atoms with Crippen molar-refractivity contribution in [2.24, 2.45) is 0 Å². The van der Waals surface area contributed by atoms with Gasteiger partial charge >= 0.3 is 0 Å². The van der Waals surface area contributed by atoms with E-state index < -0.39 is 0 Å². The van der Waals surface area contributed by atoms with Crippen LogP contribution in [0.15, 0.2) is 29.2 Å². The summed E-state index contributed by atoms with van der Waals surface area (Å²) >= 11 is 1.66. The summed E-state index contributed by atoms with van der Waals surface area (Å²) < 4.78 is 10.3. The van der Waals surface area contributed by atoms with Gasteiger partial charge in [0, 0.05) is 43.9 Å². The first-order chi connectivity index (χ1) is 8.71. The molecule has 0 heterocycles. The number of thioether (sulfide) groups is 1. The smallest absolute Gasteiger partial charge is 0.220 e. The average Bonchev–Trinajstić information content (AvgIpc) is 2.41. The molecule has 0 aromatic heterocycles. The van der Waals surface area contributed by atoms with Gasteiger partial charge in [-0.1, -0.05) is 12.1 Å². The van der Waals surface area contributed by atoms with Gasteiger partial charge in [-0.25, -0.2) is 0 Å². The summed E-state index contributed by atoms with van der Waals surface area (Å²) in [5.41, 5.74) is 0.982. The third-order valence-electron chi connectivity index (χ3n) is 2.46. The zero-order chi connectivity index (χ0) is 13.4. The molecule has 0 spiro atoms. The predicted molar refractivity (Wildman–Crippen MR) is 72.6 cm³/mol. The van der Waals surface area contributed by atoms with E-state index in [1.807, 2.05) is 24.3 Å². The van der Waals surface area contributed by atoms with Crippen LogP contribution >= 0.6 is 11.8 Å². The molecule has 5 heteroatoms. The predicted octanol–water partition coefficient (Wildman–Crippen LogP) is 2.21. The molecule has 0 aliphatic heterocycles. The maximum absolute atomic E-state index is 11.1. The van der Waals surface area contributed by atoms with Gasteiger partial charge in [-0.3, -0.25) is 4.79 Å². The van der Waals surface area contributed by atoms with Gasteiger partial charge in [-0.2, -0.15) is 0 Å². The molecule has 0 unspecified atom stereocenters. The van der Waals surface area contributed by atoms with Gasteiger partial charge in [0.2, 0.25) is 5.91 Å². The molecule has 0 radical (unpaired) electrons. The molecule has 0 atom stereocenters. The summed E-state index contributed by atoms with van der Waals surface area (Å²) in [5.74, 6) is 0.842. The zero-order valence-electron chi connectivity index (χ0n) is 10.9. The van der Waals surface area contributed by atoms with Crippen molar-refractivity contribution in [2.45, 2.75) is 17.6 Å². The number of ether oxygens (including phenoxy) is 2. The first kappa shape index (κ1) is 15.0. The zero-order valence-corrected chi connectivity index (χ0v) is 11.8. The SMILES string of the molecule is CNC(=O)CCSc1ccc(C(OC)OC)cc1. The van der Waals surface area contributed by atoms with Gasteiger partial charge in [-0.15, -0.1) is 11.8 Å². The second-order valence-electron chi connectivity index (χ2n) is 3.64. The van der Waals surface area contributed by atoms with Gasteiger partial charge in [0.15, 0.2) is 6.29 Å². The topological polar surface area (TPSA) is 47.6 Å². The third kappa shape index (κ3) is 4.68. The lowest BCUT2D eigenvalue weighted by Gasteiger charge is -2.13. The molecule has 1 aromatic carbocycles. The van der Waals surface area contributed by atoms with Crippen LogP contribution in [0.3, 0.4) is 0 Å². The fourth-order valence-electron chi connectivity index (χ4n) is 1.48. The summed E-state index contributed by atoms with van der Waals surface area (Å²) in [6, 6.07) is 7.96. The summed E-state index contributed by atoms with van der Waals surface area (Å²) in [7, 11) is 4.87. The van der Waals surface area contributed by atoms with Gasteiger partial charge < -0.3 is 14.8 Å². The van der Waals surface area contributed by atoms with E-state index in [9.17, 15) is 4.79 Å². The third-order valence-corrected chi connectivity index (χ3v) is 3.47. The van der Waals surface area contributed by atoms with Crippen LogP contribution in [-0.2, 0) is 14.3 Å². The van der Waals surface area contributed by atoms with Gasteiger partial charge in [0.1, 0.15) is 0 Å². The van der Waals surface area contributed by atoms with Crippen LogP contribution in [0.4, 0.5) is 0 Å². The highest BCUT2D eigenvalue weighted by atomic mass is 32.2. The molecule has 1 rings (SSSR count). The molecule has 1 aromatic rings. The highest BCUT2D eigenvalue weighted by molar-refractivity contribution is 7.99. The molecule has 100 valence electrons. The fraction of sp³-hybridized carbons (Fsp3) is 0.462. The fourth-order valence-corrected chi connectivity index (χ4v) is 2.33. The van der Waals surface area contributed by atoms with Crippen LogP contribution in [0.5, 0.6) is 0 Å². The number of amides is 1. The number of hydrogen-bond donors (Lipinski definition) is 1. The van der Waals surface area contributed by atoms with E-state index in [1.165, 1.54) is 0 Å². The Morgan fingerprint density at radius 3 is 2.39 bits per heavy atom. The molecule has 4 nitrogen and oxygen atoms in total. The summed E-state index contributed by atoms with van der Waals surface area (Å²) in [6.07, 6.45) is 0.205. The minimum Gasteiger partial charge on any atom is -0.359 e. The maximum Gasteiger partial charge on any atom is 0.220 e. The molecule has 0 saturated heterocycles.